The molecule has 4 rings (SSSR count). The second-order valence-corrected chi connectivity index (χ2v) is 7.87. The topological polar surface area (TPSA) is 22.6 Å². The molecule has 0 aromatic carbocycles. The molecule has 3 aliphatic heterocycles. The van der Waals surface area contributed by atoms with Crippen LogP contribution in [-0.2, 0) is 0 Å². The van der Waals surface area contributed by atoms with E-state index in [1.807, 2.05) is 17.5 Å². The summed E-state index contributed by atoms with van der Waals surface area (Å²) in [4.78, 5) is 12.5. The molecule has 0 radical (unpaired) electrons. The molecule has 21 heavy (non-hydrogen) atoms. The number of nitrogens with zero attached hydrogens (tertiary/aromatic N) is 4. The van der Waals surface area contributed by atoms with Crippen LogP contribution >= 0.6 is 11.3 Å². The number of aromatic nitrogens is 1. The lowest BCUT2D eigenvalue weighted by molar-refractivity contribution is 0.202. The summed E-state index contributed by atoms with van der Waals surface area (Å²) in [6, 6.07) is 1.40. The van der Waals surface area contributed by atoms with Crippen LogP contribution in [0, 0.1) is 5.92 Å². The van der Waals surface area contributed by atoms with Gasteiger partial charge in [-0.1, -0.05) is 0 Å². The van der Waals surface area contributed by atoms with Crippen LogP contribution in [0.3, 0.4) is 0 Å². The number of anilines is 1. The Morgan fingerprint density at radius 1 is 1.29 bits per heavy atom. The van der Waals surface area contributed by atoms with E-state index in [1.54, 1.807) is 0 Å². The molecule has 4 heterocycles. The Labute approximate surface area is 131 Å². The molecule has 116 valence electrons. The third kappa shape index (κ3) is 2.71. The van der Waals surface area contributed by atoms with Gasteiger partial charge in [0.15, 0.2) is 5.13 Å². The first kappa shape index (κ1) is 14.0. The molecule has 0 unspecified atom stereocenters. The molecule has 0 bridgehead atoms. The molecule has 1 aromatic rings. The van der Waals surface area contributed by atoms with Gasteiger partial charge in [-0.2, -0.15) is 0 Å². The second kappa shape index (κ2) is 5.86. The molecule has 3 atom stereocenters. The fourth-order valence-electron chi connectivity index (χ4n) is 4.60. The first-order chi connectivity index (χ1) is 10.3. The van der Waals surface area contributed by atoms with E-state index in [9.17, 15) is 0 Å². The van der Waals surface area contributed by atoms with Gasteiger partial charge in [-0.05, 0) is 58.3 Å². The Morgan fingerprint density at radius 3 is 2.90 bits per heavy atom. The summed E-state index contributed by atoms with van der Waals surface area (Å²) in [5.74, 6) is 0.834. The SMILES string of the molecule is CN1CC[C@H]2[C@H](C[C@@H](CN3CCCC3)N2c2nccs2)C1. The van der Waals surface area contributed by atoms with E-state index in [0.717, 1.165) is 12.0 Å². The summed E-state index contributed by atoms with van der Waals surface area (Å²) in [7, 11) is 2.28. The van der Waals surface area contributed by atoms with Crippen LogP contribution in [0.4, 0.5) is 5.13 Å². The lowest BCUT2D eigenvalue weighted by Crippen LogP contribution is -2.47. The minimum atomic E-state index is 0.677. The van der Waals surface area contributed by atoms with Gasteiger partial charge in [0.05, 0.1) is 0 Å². The van der Waals surface area contributed by atoms with Crippen molar-refractivity contribution in [2.45, 2.75) is 37.8 Å². The highest BCUT2D eigenvalue weighted by Crippen LogP contribution is 2.39. The first-order valence-corrected chi connectivity index (χ1v) is 9.28. The van der Waals surface area contributed by atoms with Crippen molar-refractivity contribution in [3.8, 4) is 0 Å². The minimum absolute atomic E-state index is 0.677. The van der Waals surface area contributed by atoms with Crippen molar-refractivity contribution in [1.82, 2.24) is 14.8 Å². The zero-order valence-corrected chi connectivity index (χ0v) is 13.8. The molecule has 0 spiro atoms. The van der Waals surface area contributed by atoms with Crippen LogP contribution in [-0.4, -0.2) is 66.6 Å². The number of rotatable bonds is 3. The number of fused-ring (bicyclic) bond motifs is 1. The van der Waals surface area contributed by atoms with E-state index >= 15 is 0 Å². The number of piperidine rings is 1. The average Bonchev–Trinajstić information content (AvgIpc) is 3.17. The third-order valence-corrected chi connectivity index (χ3v) is 6.32. The second-order valence-electron chi connectivity index (χ2n) is 7.00. The predicted molar refractivity (Wildman–Crippen MR) is 88.1 cm³/mol. The Morgan fingerprint density at radius 2 is 2.14 bits per heavy atom. The lowest BCUT2D eigenvalue weighted by atomic mass is 9.92. The zero-order valence-electron chi connectivity index (χ0n) is 12.9. The number of likely N-dealkylation sites (tertiary alicyclic amines) is 2. The number of hydrogen-bond donors (Lipinski definition) is 0. The summed E-state index contributed by atoms with van der Waals surface area (Å²) in [5, 5.41) is 3.39. The van der Waals surface area contributed by atoms with E-state index in [0.29, 0.717) is 6.04 Å². The summed E-state index contributed by atoms with van der Waals surface area (Å²) in [6.45, 7) is 6.35. The van der Waals surface area contributed by atoms with Crippen LogP contribution in [0.2, 0.25) is 0 Å². The minimum Gasteiger partial charge on any atom is -0.340 e. The number of thiazole rings is 1. The van der Waals surface area contributed by atoms with Gasteiger partial charge in [0.1, 0.15) is 0 Å². The van der Waals surface area contributed by atoms with E-state index < -0.39 is 0 Å². The molecule has 0 aliphatic carbocycles. The molecule has 3 aliphatic rings. The van der Waals surface area contributed by atoms with Gasteiger partial charge in [-0.3, -0.25) is 0 Å². The normalized spacial score (nSPS) is 34.5. The molecule has 3 saturated heterocycles. The van der Waals surface area contributed by atoms with Gasteiger partial charge in [0.2, 0.25) is 0 Å². The summed E-state index contributed by atoms with van der Waals surface area (Å²) < 4.78 is 0. The van der Waals surface area contributed by atoms with Gasteiger partial charge < -0.3 is 14.7 Å². The molecule has 5 heteroatoms. The fraction of sp³-hybridized carbons (Fsp3) is 0.812. The molecular weight excluding hydrogens is 280 g/mol. The highest BCUT2D eigenvalue weighted by atomic mass is 32.1. The summed E-state index contributed by atoms with van der Waals surface area (Å²) >= 11 is 1.82. The summed E-state index contributed by atoms with van der Waals surface area (Å²) in [6.07, 6.45) is 7.40. The van der Waals surface area contributed by atoms with Crippen molar-refractivity contribution in [1.29, 1.82) is 0 Å². The van der Waals surface area contributed by atoms with E-state index in [4.69, 9.17) is 0 Å². The Balaban J connectivity index is 1.55. The quantitative estimate of drug-likeness (QED) is 0.853. The Bertz CT molecular complexity index is 457. The maximum Gasteiger partial charge on any atom is 0.185 e. The van der Waals surface area contributed by atoms with Gasteiger partial charge in [-0.15, -0.1) is 11.3 Å². The van der Waals surface area contributed by atoms with Crippen molar-refractivity contribution in [2.24, 2.45) is 5.92 Å². The molecule has 0 N–H and O–H groups in total. The Kier molecular flexibility index (Phi) is 3.90. The standard InChI is InChI=1S/C16H26N4S/c1-18-8-4-15-13(11-18)10-14(12-19-6-2-3-7-19)20(15)16-17-5-9-21-16/h5,9,13-15H,2-4,6-8,10-12H2,1H3/t13-,14+,15+/m1/s1. The van der Waals surface area contributed by atoms with Gasteiger partial charge in [-0.25, -0.2) is 4.98 Å². The average molecular weight is 306 g/mol. The van der Waals surface area contributed by atoms with Crippen molar-refractivity contribution in [2.75, 3.05) is 44.7 Å². The van der Waals surface area contributed by atoms with Gasteiger partial charge in [0.25, 0.3) is 0 Å². The van der Waals surface area contributed by atoms with Crippen LogP contribution in [0.25, 0.3) is 0 Å². The maximum absolute atomic E-state index is 4.65. The van der Waals surface area contributed by atoms with Crippen LogP contribution in [0.1, 0.15) is 25.7 Å². The van der Waals surface area contributed by atoms with Crippen molar-refractivity contribution < 1.29 is 0 Å². The maximum atomic E-state index is 4.65. The zero-order chi connectivity index (χ0) is 14.2. The highest BCUT2D eigenvalue weighted by molar-refractivity contribution is 7.13. The molecule has 0 amide bonds. The smallest absolute Gasteiger partial charge is 0.185 e. The van der Waals surface area contributed by atoms with Gasteiger partial charge in [0, 0.05) is 36.8 Å². The van der Waals surface area contributed by atoms with Gasteiger partial charge >= 0.3 is 0 Å². The van der Waals surface area contributed by atoms with Crippen LogP contribution < -0.4 is 4.90 Å². The summed E-state index contributed by atoms with van der Waals surface area (Å²) in [5.41, 5.74) is 0. The van der Waals surface area contributed by atoms with Crippen molar-refractivity contribution in [3.63, 3.8) is 0 Å². The Hall–Kier alpha value is -0.650. The molecule has 0 saturated carbocycles. The largest absolute Gasteiger partial charge is 0.340 e. The lowest BCUT2D eigenvalue weighted by Gasteiger charge is -2.37. The van der Waals surface area contributed by atoms with Crippen LogP contribution in [0.15, 0.2) is 11.6 Å². The van der Waals surface area contributed by atoms with E-state index in [-0.39, 0.29) is 0 Å². The first-order valence-electron chi connectivity index (χ1n) is 8.40. The third-order valence-electron chi connectivity index (χ3n) is 5.53. The number of hydrogen-bond acceptors (Lipinski definition) is 5. The monoisotopic (exact) mass is 306 g/mol. The van der Waals surface area contributed by atoms with Crippen LogP contribution in [0.5, 0.6) is 0 Å². The highest BCUT2D eigenvalue weighted by Gasteiger charge is 2.44. The van der Waals surface area contributed by atoms with Crippen molar-refractivity contribution in [3.05, 3.63) is 11.6 Å². The molecule has 3 fully saturated rings. The van der Waals surface area contributed by atoms with E-state index in [1.165, 1.54) is 63.5 Å². The molecule has 4 nitrogen and oxygen atoms in total. The fourth-order valence-corrected chi connectivity index (χ4v) is 5.37. The molecular formula is C16H26N4S. The van der Waals surface area contributed by atoms with Crippen molar-refractivity contribution >= 4 is 16.5 Å². The predicted octanol–water partition coefficient (Wildman–Crippen LogP) is 2.14. The van der Waals surface area contributed by atoms with E-state index in [2.05, 4.69) is 32.1 Å². The molecule has 1 aromatic heterocycles.